The van der Waals surface area contributed by atoms with Gasteiger partial charge in [0.2, 0.25) is 0 Å². The molecule has 18 heavy (non-hydrogen) atoms. The third kappa shape index (κ3) is 2.83. The summed E-state index contributed by atoms with van der Waals surface area (Å²) in [6.07, 6.45) is 2.92. The number of hydrogen-bond donors (Lipinski definition) is 1. The fraction of sp³-hybridized carbons (Fsp3) is 0. The molecule has 0 aliphatic heterocycles. The number of carbonyl (C=O) groups excluding carboxylic acids is 1. The topological polar surface area (TPSA) is 78.4 Å². The second-order valence-electron chi connectivity index (χ2n) is 3.40. The predicted octanol–water partition coefficient (Wildman–Crippen LogP) is 1.92. The first-order valence-electron chi connectivity index (χ1n) is 5.16. The Morgan fingerprint density at radius 3 is 2.72 bits per heavy atom. The molecule has 1 aromatic heterocycles. The number of benzene rings is 1. The fourth-order valence-corrected chi connectivity index (χ4v) is 1.28. The van der Waals surface area contributed by atoms with Crippen molar-refractivity contribution in [3.05, 3.63) is 59.5 Å². The van der Waals surface area contributed by atoms with Crippen LogP contribution in [0.25, 0.3) is 0 Å². The molecule has 0 saturated heterocycles. The van der Waals surface area contributed by atoms with Gasteiger partial charge in [0.15, 0.2) is 0 Å². The van der Waals surface area contributed by atoms with Crippen LogP contribution in [0.3, 0.4) is 0 Å². The van der Waals surface area contributed by atoms with E-state index in [-0.39, 0.29) is 5.91 Å². The van der Waals surface area contributed by atoms with E-state index in [1.165, 1.54) is 12.5 Å². The Hall–Kier alpha value is -2.87. The van der Waals surface area contributed by atoms with Crippen molar-refractivity contribution >= 4 is 12.1 Å². The molecule has 0 radical (unpaired) electrons. The van der Waals surface area contributed by atoms with E-state index in [0.29, 0.717) is 16.9 Å². The summed E-state index contributed by atoms with van der Waals surface area (Å²) in [5.74, 6) is 0.206. The maximum absolute atomic E-state index is 11.6. The maximum atomic E-state index is 11.6. The monoisotopic (exact) mass is 239 g/mol. The van der Waals surface area contributed by atoms with Crippen LogP contribution in [-0.2, 0) is 0 Å². The largest absolute Gasteiger partial charge is 0.463 e. The summed E-state index contributed by atoms with van der Waals surface area (Å²) in [6, 6.07) is 11.7. The number of nitrogens with zero attached hydrogens (tertiary/aromatic N) is 2. The Bertz CT molecular complexity index is 592. The summed E-state index contributed by atoms with van der Waals surface area (Å²) in [6.45, 7) is 0. The van der Waals surface area contributed by atoms with Crippen LogP contribution in [0.5, 0.6) is 0 Å². The molecular weight excluding hydrogens is 230 g/mol. The van der Waals surface area contributed by atoms with Gasteiger partial charge in [0.05, 0.1) is 24.1 Å². The molecule has 1 amide bonds. The van der Waals surface area contributed by atoms with Gasteiger partial charge < -0.3 is 4.42 Å². The lowest BCUT2D eigenvalue weighted by Gasteiger charge is -1.98. The molecule has 1 N–H and O–H groups in total. The second-order valence-corrected chi connectivity index (χ2v) is 3.40. The molecule has 0 bridgehead atoms. The van der Waals surface area contributed by atoms with E-state index in [1.54, 1.807) is 36.4 Å². The first-order valence-corrected chi connectivity index (χ1v) is 5.16. The van der Waals surface area contributed by atoms with Crippen molar-refractivity contribution in [3.63, 3.8) is 0 Å². The number of furan rings is 1. The minimum Gasteiger partial charge on any atom is -0.463 e. The summed E-state index contributed by atoms with van der Waals surface area (Å²) in [7, 11) is 0. The highest BCUT2D eigenvalue weighted by Gasteiger charge is 2.03. The highest BCUT2D eigenvalue weighted by atomic mass is 16.3. The van der Waals surface area contributed by atoms with Crippen LogP contribution >= 0.6 is 0 Å². The average molecular weight is 239 g/mol. The van der Waals surface area contributed by atoms with Gasteiger partial charge in [-0.05, 0) is 36.4 Å². The summed E-state index contributed by atoms with van der Waals surface area (Å²) in [5.41, 5.74) is 3.30. The van der Waals surface area contributed by atoms with E-state index in [9.17, 15) is 4.79 Å². The SMILES string of the molecule is N#Cc1ccc(C(=O)N/N=C/c2ccco2)cc1. The van der Waals surface area contributed by atoms with Gasteiger partial charge in [0.25, 0.3) is 5.91 Å². The van der Waals surface area contributed by atoms with Crippen LogP contribution in [0.2, 0.25) is 0 Å². The Kier molecular flexibility index (Phi) is 3.52. The normalized spacial score (nSPS) is 10.2. The zero-order valence-corrected chi connectivity index (χ0v) is 9.33. The molecule has 2 aromatic rings. The first-order chi connectivity index (χ1) is 8.79. The molecule has 5 heteroatoms. The van der Waals surface area contributed by atoms with Gasteiger partial charge in [0.1, 0.15) is 5.76 Å². The molecular formula is C13H9N3O2. The number of rotatable bonds is 3. The van der Waals surface area contributed by atoms with Crippen LogP contribution in [-0.4, -0.2) is 12.1 Å². The summed E-state index contributed by atoms with van der Waals surface area (Å²) in [5, 5.41) is 12.4. The van der Waals surface area contributed by atoms with Crippen LogP contribution in [0.1, 0.15) is 21.7 Å². The van der Waals surface area contributed by atoms with E-state index in [0.717, 1.165) is 0 Å². The highest BCUT2D eigenvalue weighted by Crippen LogP contribution is 2.03. The molecule has 0 fully saturated rings. The predicted molar refractivity (Wildman–Crippen MR) is 64.9 cm³/mol. The molecule has 1 aromatic carbocycles. The smallest absolute Gasteiger partial charge is 0.271 e. The van der Waals surface area contributed by atoms with E-state index >= 15 is 0 Å². The number of amides is 1. The van der Waals surface area contributed by atoms with Crippen molar-refractivity contribution < 1.29 is 9.21 Å². The maximum Gasteiger partial charge on any atom is 0.271 e. The average Bonchev–Trinajstić information content (AvgIpc) is 2.92. The number of nitrogens with one attached hydrogen (secondary N) is 1. The van der Waals surface area contributed by atoms with E-state index < -0.39 is 0 Å². The van der Waals surface area contributed by atoms with Crippen LogP contribution < -0.4 is 5.43 Å². The molecule has 0 aliphatic carbocycles. The van der Waals surface area contributed by atoms with Gasteiger partial charge in [-0.25, -0.2) is 5.43 Å². The van der Waals surface area contributed by atoms with Crippen LogP contribution in [0.4, 0.5) is 0 Å². The lowest BCUT2D eigenvalue weighted by Crippen LogP contribution is -2.17. The van der Waals surface area contributed by atoms with E-state index in [4.69, 9.17) is 9.68 Å². The molecule has 0 unspecified atom stereocenters. The van der Waals surface area contributed by atoms with Gasteiger partial charge in [-0.3, -0.25) is 4.79 Å². The van der Waals surface area contributed by atoms with Gasteiger partial charge in [-0.15, -0.1) is 0 Å². The Balaban J connectivity index is 1.97. The van der Waals surface area contributed by atoms with E-state index in [2.05, 4.69) is 10.5 Å². The molecule has 1 heterocycles. The van der Waals surface area contributed by atoms with Crippen molar-refractivity contribution in [2.24, 2.45) is 5.10 Å². The lowest BCUT2D eigenvalue weighted by molar-refractivity contribution is 0.0955. The van der Waals surface area contributed by atoms with Crippen molar-refractivity contribution in [2.75, 3.05) is 0 Å². The fourth-order valence-electron chi connectivity index (χ4n) is 1.28. The third-order valence-electron chi connectivity index (χ3n) is 2.18. The van der Waals surface area contributed by atoms with Gasteiger partial charge >= 0.3 is 0 Å². The standard InChI is InChI=1S/C13H9N3O2/c14-8-10-3-5-11(6-4-10)13(17)16-15-9-12-2-1-7-18-12/h1-7,9H,(H,16,17)/b15-9+. The molecule has 2 rings (SSSR count). The quantitative estimate of drug-likeness (QED) is 0.656. The zero-order valence-electron chi connectivity index (χ0n) is 9.33. The van der Waals surface area contributed by atoms with Crippen molar-refractivity contribution in [3.8, 4) is 6.07 Å². The molecule has 0 atom stereocenters. The zero-order chi connectivity index (χ0) is 12.8. The number of carbonyl (C=O) groups is 1. The second kappa shape index (κ2) is 5.46. The Morgan fingerprint density at radius 2 is 2.11 bits per heavy atom. The van der Waals surface area contributed by atoms with E-state index in [1.807, 2.05) is 6.07 Å². The number of hydrazone groups is 1. The minimum absolute atomic E-state index is 0.345. The third-order valence-corrected chi connectivity index (χ3v) is 2.18. The van der Waals surface area contributed by atoms with Crippen molar-refractivity contribution in [1.82, 2.24) is 5.43 Å². The van der Waals surface area contributed by atoms with Gasteiger partial charge in [0, 0.05) is 5.56 Å². The first kappa shape index (κ1) is 11.6. The lowest BCUT2D eigenvalue weighted by atomic mass is 10.1. The summed E-state index contributed by atoms with van der Waals surface area (Å²) in [4.78, 5) is 11.6. The van der Waals surface area contributed by atoms with Gasteiger partial charge in [-0.2, -0.15) is 10.4 Å². The molecule has 88 valence electrons. The van der Waals surface area contributed by atoms with Gasteiger partial charge in [-0.1, -0.05) is 0 Å². The van der Waals surface area contributed by atoms with Crippen molar-refractivity contribution in [1.29, 1.82) is 5.26 Å². The molecule has 0 spiro atoms. The summed E-state index contributed by atoms with van der Waals surface area (Å²) >= 11 is 0. The Morgan fingerprint density at radius 1 is 1.33 bits per heavy atom. The minimum atomic E-state index is -0.345. The summed E-state index contributed by atoms with van der Waals surface area (Å²) < 4.78 is 5.01. The van der Waals surface area contributed by atoms with Crippen molar-refractivity contribution in [2.45, 2.75) is 0 Å². The molecule has 0 aliphatic rings. The highest BCUT2D eigenvalue weighted by molar-refractivity contribution is 5.94. The number of nitriles is 1. The molecule has 0 saturated carbocycles. The molecule has 5 nitrogen and oxygen atoms in total. The number of hydrogen-bond acceptors (Lipinski definition) is 4. The van der Waals surface area contributed by atoms with Crippen LogP contribution in [0.15, 0.2) is 52.2 Å². The van der Waals surface area contributed by atoms with Crippen LogP contribution in [0, 0.1) is 11.3 Å². The Labute approximate surface area is 103 Å².